The lowest BCUT2D eigenvalue weighted by molar-refractivity contribution is 0.0949. The first-order valence-corrected chi connectivity index (χ1v) is 6.66. The molecule has 0 fully saturated rings. The molecule has 0 spiro atoms. The largest absolute Gasteiger partial charge is 0.350 e. The second kappa shape index (κ2) is 6.68. The fourth-order valence-corrected chi connectivity index (χ4v) is 1.97. The number of nitrogens with one attached hydrogen (secondary N) is 1. The molecule has 2 aromatic rings. The quantitative estimate of drug-likeness (QED) is 0.878. The van der Waals surface area contributed by atoms with Crippen molar-refractivity contribution in [2.75, 3.05) is 6.54 Å². The normalized spacial score (nSPS) is 10.3. The lowest BCUT2D eigenvalue weighted by Crippen LogP contribution is -2.26. The molecule has 2 rings (SSSR count). The Morgan fingerprint density at radius 3 is 2.55 bits per heavy atom. The second-order valence-corrected chi connectivity index (χ2v) is 4.89. The van der Waals surface area contributed by atoms with E-state index in [0.717, 1.165) is 5.56 Å². The molecule has 3 nitrogen and oxygen atoms in total. The van der Waals surface area contributed by atoms with E-state index in [9.17, 15) is 9.18 Å². The van der Waals surface area contributed by atoms with Gasteiger partial charge < -0.3 is 5.32 Å². The number of hydrogen-bond acceptors (Lipinski definition) is 2. The van der Waals surface area contributed by atoms with Crippen LogP contribution in [-0.4, -0.2) is 17.4 Å². The molecule has 0 aliphatic carbocycles. The van der Waals surface area contributed by atoms with Crippen LogP contribution >= 0.6 is 23.2 Å². The van der Waals surface area contributed by atoms with Crippen molar-refractivity contribution in [3.05, 3.63) is 63.6 Å². The molecule has 1 N–H and O–H groups in total. The summed E-state index contributed by atoms with van der Waals surface area (Å²) in [5.74, 6) is -0.674. The number of nitrogens with zero attached hydrogens (tertiary/aromatic N) is 1. The smallest absolute Gasteiger partial charge is 0.271 e. The maximum absolute atomic E-state index is 12.7. The summed E-state index contributed by atoms with van der Waals surface area (Å²) in [6.45, 7) is 0.398. The van der Waals surface area contributed by atoms with Crippen LogP contribution in [0.3, 0.4) is 0 Å². The third-order valence-corrected chi connectivity index (χ3v) is 3.16. The standard InChI is InChI=1S/C14H11Cl2FN2O/c15-11-5-6-12(16)19-13(11)14(20)18-8-7-9-1-3-10(17)4-2-9/h1-6H,7-8H2,(H,18,20). The topological polar surface area (TPSA) is 42.0 Å². The molecule has 0 saturated heterocycles. The van der Waals surface area contributed by atoms with Crippen LogP contribution in [-0.2, 0) is 6.42 Å². The minimum atomic E-state index is -0.389. The predicted molar refractivity (Wildman–Crippen MR) is 76.7 cm³/mol. The molecule has 20 heavy (non-hydrogen) atoms. The highest BCUT2D eigenvalue weighted by molar-refractivity contribution is 6.34. The molecule has 0 saturated carbocycles. The van der Waals surface area contributed by atoms with Crippen molar-refractivity contribution in [2.45, 2.75) is 6.42 Å². The Labute approximate surface area is 125 Å². The van der Waals surface area contributed by atoms with Crippen molar-refractivity contribution in [3.8, 4) is 0 Å². The Balaban J connectivity index is 1.92. The van der Waals surface area contributed by atoms with E-state index in [1.807, 2.05) is 0 Å². The second-order valence-electron chi connectivity index (χ2n) is 4.10. The van der Waals surface area contributed by atoms with Crippen molar-refractivity contribution >= 4 is 29.1 Å². The summed E-state index contributed by atoms with van der Waals surface area (Å²) in [7, 11) is 0. The SMILES string of the molecule is O=C(NCCc1ccc(F)cc1)c1nc(Cl)ccc1Cl. The van der Waals surface area contributed by atoms with Gasteiger partial charge in [0.05, 0.1) is 5.02 Å². The maximum atomic E-state index is 12.7. The summed E-state index contributed by atoms with van der Waals surface area (Å²) in [4.78, 5) is 15.8. The third kappa shape index (κ3) is 3.92. The van der Waals surface area contributed by atoms with Crippen LogP contribution in [0.2, 0.25) is 10.2 Å². The van der Waals surface area contributed by atoms with Gasteiger partial charge in [-0.2, -0.15) is 0 Å². The van der Waals surface area contributed by atoms with Gasteiger partial charge in [0, 0.05) is 6.54 Å². The summed E-state index contributed by atoms with van der Waals surface area (Å²) in [5.41, 5.74) is 1.02. The number of carbonyl (C=O) groups excluding carboxylic acids is 1. The van der Waals surface area contributed by atoms with E-state index in [1.54, 1.807) is 12.1 Å². The van der Waals surface area contributed by atoms with Gasteiger partial charge in [-0.25, -0.2) is 9.37 Å². The Morgan fingerprint density at radius 1 is 1.15 bits per heavy atom. The average molecular weight is 313 g/mol. The Morgan fingerprint density at radius 2 is 1.85 bits per heavy atom. The van der Waals surface area contributed by atoms with Crippen LogP contribution < -0.4 is 5.32 Å². The zero-order valence-corrected chi connectivity index (χ0v) is 11.9. The number of carbonyl (C=O) groups is 1. The lowest BCUT2D eigenvalue weighted by Gasteiger charge is -2.06. The van der Waals surface area contributed by atoms with Crippen LogP contribution in [0.25, 0.3) is 0 Å². The minimum absolute atomic E-state index is 0.0956. The van der Waals surface area contributed by atoms with Crippen LogP contribution in [0.15, 0.2) is 36.4 Å². The van der Waals surface area contributed by atoms with E-state index in [2.05, 4.69) is 10.3 Å². The van der Waals surface area contributed by atoms with Gasteiger partial charge in [-0.05, 0) is 36.2 Å². The fraction of sp³-hybridized carbons (Fsp3) is 0.143. The van der Waals surface area contributed by atoms with Gasteiger partial charge >= 0.3 is 0 Å². The molecule has 0 aliphatic rings. The Kier molecular flexibility index (Phi) is 4.93. The van der Waals surface area contributed by atoms with Crippen LogP contribution in [0, 0.1) is 5.82 Å². The van der Waals surface area contributed by atoms with Gasteiger partial charge in [0.15, 0.2) is 0 Å². The van der Waals surface area contributed by atoms with Gasteiger partial charge in [0.25, 0.3) is 5.91 Å². The Hall–Kier alpha value is -1.65. The number of benzene rings is 1. The number of aromatic nitrogens is 1. The van der Waals surface area contributed by atoms with E-state index < -0.39 is 0 Å². The summed E-state index contributed by atoms with van der Waals surface area (Å²) >= 11 is 11.6. The van der Waals surface area contributed by atoms with Crippen molar-refractivity contribution < 1.29 is 9.18 Å². The molecule has 0 radical (unpaired) electrons. The van der Waals surface area contributed by atoms with Gasteiger partial charge in [0.1, 0.15) is 16.7 Å². The van der Waals surface area contributed by atoms with Crippen molar-refractivity contribution in [3.63, 3.8) is 0 Å². The first kappa shape index (κ1) is 14.8. The molecule has 1 heterocycles. The number of rotatable bonds is 4. The van der Waals surface area contributed by atoms with Gasteiger partial charge in [-0.3, -0.25) is 4.79 Å². The molecule has 6 heteroatoms. The third-order valence-electron chi connectivity index (χ3n) is 2.64. The molecule has 0 atom stereocenters. The first-order valence-electron chi connectivity index (χ1n) is 5.91. The maximum Gasteiger partial charge on any atom is 0.271 e. The molecular weight excluding hydrogens is 302 g/mol. The monoisotopic (exact) mass is 312 g/mol. The molecule has 0 unspecified atom stereocenters. The number of pyridine rings is 1. The summed E-state index contributed by atoms with van der Waals surface area (Å²) in [6, 6.07) is 9.14. The highest BCUT2D eigenvalue weighted by atomic mass is 35.5. The minimum Gasteiger partial charge on any atom is -0.350 e. The fourth-order valence-electron chi connectivity index (χ4n) is 1.63. The number of hydrogen-bond donors (Lipinski definition) is 1. The van der Waals surface area contributed by atoms with Crippen molar-refractivity contribution in [1.29, 1.82) is 0 Å². The van der Waals surface area contributed by atoms with Crippen molar-refractivity contribution in [1.82, 2.24) is 10.3 Å². The van der Waals surface area contributed by atoms with Crippen molar-refractivity contribution in [2.24, 2.45) is 0 Å². The molecular formula is C14H11Cl2FN2O. The zero-order valence-electron chi connectivity index (χ0n) is 10.4. The van der Waals surface area contributed by atoms with E-state index in [-0.39, 0.29) is 27.6 Å². The highest BCUT2D eigenvalue weighted by Gasteiger charge is 2.12. The Bertz CT molecular complexity index is 617. The van der Waals surface area contributed by atoms with E-state index in [0.29, 0.717) is 13.0 Å². The number of amides is 1. The molecule has 104 valence electrons. The van der Waals surface area contributed by atoms with Gasteiger partial charge in [0.2, 0.25) is 0 Å². The zero-order chi connectivity index (χ0) is 14.5. The summed E-state index contributed by atoms with van der Waals surface area (Å²) in [5, 5.41) is 3.14. The van der Waals surface area contributed by atoms with Crippen LogP contribution in [0.5, 0.6) is 0 Å². The molecule has 0 bridgehead atoms. The first-order chi connectivity index (χ1) is 9.56. The van der Waals surface area contributed by atoms with Crippen LogP contribution in [0.4, 0.5) is 4.39 Å². The summed E-state index contributed by atoms with van der Waals surface area (Å²) in [6.07, 6.45) is 0.588. The molecule has 1 amide bonds. The molecule has 1 aromatic heterocycles. The van der Waals surface area contributed by atoms with Crippen LogP contribution in [0.1, 0.15) is 16.1 Å². The van der Waals surface area contributed by atoms with Gasteiger partial charge in [-0.1, -0.05) is 35.3 Å². The predicted octanol–water partition coefficient (Wildman–Crippen LogP) is 3.50. The molecule has 1 aromatic carbocycles. The summed E-state index contributed by atoms with van der Waals surface area (Å²) < 4.78 is 12.7. The molecule has 0 aliphatic heterocycles. The van der Waals surface area contributed by atoms with E-state index >= 15 is 0 Å². The number of halogens is 3. The van der Waals surface area contributed by atoms with Gasteiger partial charge in [-0.15, -0.1) is 0 Å². The highest BCUT2D eigenvalue weighted by Crippen LogP contribution is 2.16. The lowest BCUT2D eigenvalue weighted by atomic mass is 10.1. The van der Waals surface area contributed by atoms with E-state index in [4.69, 9.17) is 23.2 Å². The average Bonchev–Trinajstić information content (AvgIpc) is 2.43. The van der Waals surface area contributed by atoms with E-state index in [1.165, 1.54) is 24.3 Å².